The minimum absolute atomic E-state index is 0.0854. The number of hydrogen-bond acceptors (Lipinski definition) is 2. The Labute approximate surface area is 117 Å². The predicted octanol–water partition coefficient (Wildman–Crippen LogP) is 3.09. The van der Waals surface area contributed by atoms with Crippen LogP contribution in [0.5, 0.6) is 5.75 Å². The van der Waals surface area contributed by atoms with Crippen molar-refractivity contribution in [1.29, 1.82) is 0 Å². The molecule has 0 atom stereocenters. The lowest BCUT2D eigenvalue weighted by molar-refractivity contribution is -0.131. The average molecular weight is 314 g/mol. The first-order valence-corrected chi connectivity index (χ1v) is 6.83. The van der Waals surface area contributed by atoms with Crippen LogP contribution in [-0.2, 0) is 4.79 Å². The van der Waals surface area contributed by atoms with Gasteiger partial charge in [0.2, 0.25) is 5.91 Å². The first-order chi connectivity index (χ1) is 8.41. The van der Waals surface area contributed by atoms with Gasteiger partial charge in [-0.15, -0.1) is 0 Å². The standard InChI is InChI=1S/C14H20BrNO2/c1-14(2,15)13(17)16(3)10-7-11-18-12-8-5-4-6-9-12/h4-6,8-9H,7,10-11H2,1-3H3. The molecule has 1 aromatic rings. The highest BCUT2D eigenvalue weighted by atomic mass is 79.9. The maximum Gasteiger partial charge on any atom is 0.238 e. The van der Waals surface area contributed by atoms with E-state index in [1.165, 1.54) is 0 Å². The highest BCUT2D eigenvalue weighted by molar-refractivity contribution is 9.10. The molecule has 0 N–H and O–H groups in total. The van der Waals surface area contributed by atoms with Crippen molar-refractivity contribution < 1.29 is 9.53 Å². The van der Waals surface area contributed by atoms with E-state index in [1.807, 2.05) is 51.2 Å². The molecule has 0 aliphatic heterocycles. The van der Waals surface area contributed by atoms with E-state index in [2.05, 4.69) is 15.9 Å². The predicted molar refractivity (Wildman–Crippen MR) is 77.2 cm³/mol. The normalized spacial score (nSPS) is 11.1. The minimum Gasteiger partial charge on any atom is -0.494 e. The number of para-hydroxylation sites is 1. The number of hydrogen-bond donors (Lipinski definition) is 0. The number of carbonyl (C=O) groups is 1. The Morgan fingerprint density at radius 1 is 1.33 bits per heavy atom. The Balaban J connectivity index is 2.24. The van der Waals surface area contributed by atoms with Crippen LogP contribution in [-0.4, -0.2) is 35.3 Å². The molecule has 100 valence electrons. The molecule has 0 radical (unpaired) electrons. The maximum absolute atomic E-state index is 11.9. The molecule has 0 aliphatic carbocycles. The molecule has 0 saturated heterocycles. The van der Waals surface area contributed by atoms with Crippen LogP contribution >= 0.6 is 15.9 Å². The van der Waals surface area contributed by atoms with E-state index in [0.29, 0.717) is 13.2 Å². The van der Waals surface area contributed by atoms with Gasteiger partial charge in [-0.2, -0.15) is 0 Å². The number of nitrogens with zero attached hydrogens (tertiary/aromatic N) is 1. The van der Waals surface area contributed by atoms with Crippen molar-refractivity contribution in [2.75, 3.05) is 20.2 Å². The van der Waals surface area contributed by atoms with Crippen LogP contribution in [0.2, 0.25) is 0 Å². The second-order valence-electron chi connectivity index (χ2n) is 4.71. The lowest BCUT2D eigenvalue weighted by Gasteiger charge is -2.24. The fourth-order valence-corrected chi connectivity index (χ4v) is 1.87. The molecule has 1 amide bonds. The van der Waals surface area contributed by atoms with Gasteiger partial charge < -0.3 is 9.64 Å². The van der Waals surface area contributed by atoms with Gasteiger partial charge in [-0.05, 0) is 32.4 Å². The number of benzene rings is 1. The van der Waals surface area contributed by atoms with Crippen molar-refractivity contribution in [3.63, 3.8) is 0 Å². The Hall–Kier alpha value is -1.03. The molecule has 1 rings (SSSR count). The van der Waals surface area contributed by atoms with Crippen LogP contribution in [0.25, 0.3) is 0 Å². The van der Waals surface area contributed by atoms with Crippen LogP contribution in [0, 0.1) is 0 Å². The van der Waals surface area contributed by atoms with E-state index in [0.717, 1.165) is 12.2 Å². The molecule has 0 fully saturated rings. The molecular weight excluding hydrogens is 294 g/mol. The van der Waals surface area contributed by atoms with Gasteiger partial charge in [-0.25, -0.2) is 0 Å². The summed E-state index contributed by atoms with van der Waals surface area (Å²) >= 11 is 3.37. The summed E-state index contributed by atoms with van der Waals surface area (Å²) in [7, 11) is 1.81. The molecule has 0 aromatic heterocycles. The summed E-state index contributed by atoms with van der Waals surface area (Å²) in [5.74, 6) is 0.953. The summed E-state index contributed by atoms with van der Waals surface area (Å²) in [4.78, 5) is 13.6. The number of ether oxygens (including phenoxy) is 1. The number of alkyl halides is 1. The van der Waals surface area contributed by atoms with E-state index >= 15 is 0 Å². The Bertz CT molecular complexity index is 373. The zero-order valence-electron chi connectivity index (χ0n) is 11.1. The number of halogens is 1. The third kappa shape index (κ3) is 5.08. The van der Waals surface area contributed by atoms with Gasteiger partial charge >= 0.3 is 0 Å². The zero-order chi connectivity index (χ0) is 13.6. The number of rotatable bonds is 6. The van der Waals surface area contributed by atoms with Crippen LogP contribution in [0.3, 0.4) is 0 Å². The summed E-state index contributed by atoms with van der Waals surface area (Å²) in [6, 6.07) is 9.70. The highest BCUT2D eigenvalue weighted by Crippen LogP contribution is 2.18. The van der Waals surface area contributed by atoms with E-state index in [-0.39, 0.29) is 5.91 Å². The van der Waals surface area contributed by atoms with Crippen molar-refractivity contribution in [2.24, 2.45) is 0 Å². The van der Waals surface area contributed by atoms with Crippen LogP contribution < -0.4 is 4.74 Å². The van der Waals surface area contributed by atoms with E-state index < -0.39 is 4.32 Å². The summed E-state index contributed by atoms with van der Waals surface area (Å²) in [5, 5.41) is 0. The van der Waals surface area contributed by atoms with E-state index in [9.17, 15) is 4.79 Å². The first kappa shape index (κ1) is 15.0. The van der Waals surface area contributed by atoms with Crippen LogP contribution in [0.1, 0.15) is 20.3 Å². The molecule has 18 heavy (non-hydrogen) atoms. The SMILES string of the molecule is CN(CCCOc1ccccc1)C(=O)C(C)(C)Br. The zero-order valence-corrected chi connectivity index (χ0v) is 12.7. The maximum atomic E-state index is 11.9. The van der Waals surface area contributed by atoms with Gasteiger partial charge in [-0.3, -0.25) is 4.79 Å². The van der Waals surface area contributed by atoms with Crippen molar-refractivity contribution in [3.8, 4) is 5.75 Å². The summed E-state index contributed by atoms with van der Waals surface area (Å²) < 4.78 is 5.07. The molecule has 4 heteroatoms. The monoisotopic (exact) mass is 313 g/mol. The van der Waals surface area contributed by atoms with Gasteiger partial charge in [0.1, 0.15) is 5.75 Å². The molecule has 1 aromatic carbocycles. The average Bonchev–Trinajstić information content (AvgIpc) is 2.33. The Morgan fingerprint density at radius 3 is 2.50 bits per heavy atom. The third-order valence-electron chi connectivity index (χ3n) is 2.51. The van der Waals surface area contributed by atoms with Crippen molar-refractivity contribution in [2.45, 2.75) is 24.6 Å². The minimum atomic E-state index is -0.498. The molecule has 0 aliphatic rings. The third-order valence-corrected chi connectivity index (χ3v) is 2.84. The van der Waals surface area contributed by atoms with Crippen LogP contribution in [0.15, 0.2) is 30.3 Å². The second kappa shape index (κ2) is 6.78. The fourth-order valence-electron chi connectivity index (χ4n) is 1.56. The summed E-state index contributed by atoms with van der Waals surface area (Å²) in [6.07, 6.45) is 0.820. The van der Waals surface area contributed by atoms with Gasteiger partial charge in [-0.1, -0.05) is 34.1 Å². The van der Waals surface area contributed by atoms with Crippen LogP contribution in [0.4, 0.5) is 0 Å². The summed E-state index contributed by atoms with van der Waals surface area (Å²) in [5.41, 5.74) is 0. The van der Waals surface area contributed by atoms with E-state index in [1.54, 1.807) is 4.90 Å². The smallest absolute Gasteiger partial charge is 0.238 e. The van der Waals surface area contributed by atoms with Gasteiger partial charge in [0.05, 0.1) is 10.9 Å². The Morgan fingerprint density at radius 2 is 1.94 bits per heavy atom. The fraction of sp³-hybridized carbons (Fsp3) is 0.500. The molecule has 0 spiro atoms. The van der Waals surface area contributed by atoms with Crippen molar-refractivity contribution in [3.05, 3.63) is 30.3 Å². The number of amides is 1. The second-order valence-corrected chi connectivity index (χ2v) is 6.70. The largest absolute Gasteiger partial charge is 0.494 e. The molecule has 0 saturated carbocycles. The summed E-state index contributed by atoms with van der Waals surface area (Å²) in [6.45, 7) is 5.02. The molecule has 3 nitrogen and oxygen atoms in total. The van der Waals surface area contributed by atoms with Crippen molar-refractivity contribution >= 4 is 21.8 Å². The number of carbonyl (C=O) groups excluding carboxylic acids is 1. The van der Waals surface area contributed by atoms with Gasteiger partial charge in [0.25, 0.3) is 0 Å². The Kier molecular flexibility index (Phi) is 5.66. The quantitative estimate of drug-likeness (QED) is 0.596. The lowest BCUT2D eigenvalue weighted by Crippen LogP contribution is -2.39. The van der Waals surface area contributed by atoms with Gasteiger partial charge in [0.15, 0.2) is 0 Å². The topological polar surface area (TPSA) is 29.5 Å². The first-order valence-electron chi connectivity index (χ1n) is 6.03. The van der Waals surface area contributed by atoms with E-state index in [4.69, 9.17) is 4.74 Å². The molecule has 0 bridgehead atoms. The highest BCUT2D eigenvalue weighted by Gasteiger charge is 2.26. The van der Waals surface area contributed by atoms with Crippen molar-refractivity contribution in [1.82, 2.24) is 4.90 Å². The molecule has 0 heterocycles. The molecule has 0 unspecified atom stereocenters. The van der Waals surface area contributed by atoms with Gasteiger partial charge in [0, 0.05) is 13.6 Å². The lowest BCUT2D eigenvalue weighted by atomic mass is 10.2. The molecular formula is C14H20BrNO2.